The zero-order chi connectivity index (χ0) is 15.8. The van der Waals surface area contributed by atoms with E-state index in [1.165, 1.54) is 0 Å². The van der Waals surface area contributed by atoms with Crippen LogP contribution in [0.3, 0.4) is 0 Å². The van der Waals surface area contributed by atoms with E-state index < -0.39 is 10.0 Å². The van der Waals surface area contributed by atoms with Crippen molar-refractivity contribution in [2.24, 2.45) is 0 Å². The molecule has 21 heavy (non-hydrogen) atoms. The Kier molecular flexibility index (Phi) is 5.21. The molecule has 1 fully saturated rings. The summed E-state index contributed by atoms with van der Waals surface area (Å²) >= 11 is 11.8. The Labute approximate surface area is 136 Å². The van der Waals surface area contributed by atoms with Gasteiger partial charge in [-0.05, 0) is 44.7 Å². The van der Waals surface area contributed by atoms with Gasteiger partial charge in [-0.15, -0.1) is 11.6 Å². The predicted molar refractivity (Wildman–Crippen MR) is 86.5 cm³/mol. The fourth-order valence-electron chi connectivity index (χ4n) is 2.52. The topological polar surface area (TPSA) is 40.6 Å². The van der Waals surface area contributed by atoms with Crippen molar-refractivity contribution in [3.05, 3.63) is 28.8 Å². The highest BCUT2D eigenvalue weighted by Crippen LogP contribution is 2.26. The van der Waals surface area contributed by atoms with Crippen LogP contribution in [0.25, 0.3) is 0 Å². The number of hydrogen-bond acceptors (Lipinski definition) is 3. The van der Waals surface area contributed by atoms with E-state index in [-0.39, 0.29) is 22.9 Å². The van der Waals surface area contributed by atoms with Gasteiger partial charge in [-0.3, -0.25) is 4.90 Å². The number of benzene rings is 1. The number of rotatable bonds is 3. The van der Waals surface area contributed by atoms with Gasteiger partial charge in [0.1, 0.15) is 0 Å². The van der Waals surface area contributed by atoms with Crippen molar-refractivity contribution in [1.82, 2.24) is 9.21 Å². The van der Waals surface area contributed by atoms with E-state index >= 15 is 0 Å². The molecule has 0 aliphatic carbocycles. The molecule has 0 saturated carbocycles. The Hall–Kier alpha value is -0.330. The highest BCUT2D eigenvalue weighted by molar-refractivity contribution is 7.89. The van der Waals surface area contributed by atoms with Gasteiger partial charge in [0.2, 0.25) is 10.0 Å². The largest absolute Gasteiger partial charge is 0.298 e. The Bertz CT molecular complexity index is 609. The lowest BCUT2D eigenvalue weighted by molar-refractivity contribution is 0.105. The van der Waals surface area contributed by atoms with Gasteiger partial charge >= 0.3 is 0 Å². The zero-order valence-corrected chi connectivity index (χ0v) is 14.7. The number of alkyl halides is 1. The second-order valence-corrected chi connectivity index (χ2v) is 8.18. The molecule has 118 valence electrons. The van der Waals surface area contributed by atoms with E-state index in [0.717, 1.165) is 0 Å². The molecule has 0 N–H and O–H groups in total. The monoisotopic (exact) mass is 350 g/mol. The number of hydrogen-bond donors (Lipinski definition) is 0. The van der Waals surface area contributed by atoms with Crippen LogP contribution in [0.2, 0.25) is 5.02 Å². The van der Waals surface area contributed by atoms with Gasteiger partial charge in [-0.2, -0.15) is 4.31 Å². The standard InChI is InChI=1S/C14H20Cl2N2O2S/c1-10-8-18(9-11(2)17(10)3)21(19,20)13-4-5-14(16)12(6-13)7-15/h4-6,10-11H,7-9H2,1-3H3. The van der Waals surface area contributed by atoms with Crippen LogP contribution in [0, 0.1) is 0 Å². The van der Waals surface area contributed by atoms with Gasteiger partial charge < -0.3 is 0 Å². The smallest absolute Gasteiger partial charge is 0.243 e. The Morgan fingerprint density at radius 2 is 1.81 bits per heavy atom. The van der Waals surface area contributed by atoms with Crippen LogP contribution in [-0.2, 0) is 15.9 Å². The molecular formula is C14H20Cl2N2O2S. The normalized spacial score (nSPS) is 25.2. The van der Waals surface area contributed by atoms with Gasteiger partial charge in [-0.1, -0.05) is 11.6 Å². The third kappa shape index (κ3) is 3.37. The summed E-state index contributed by atoms with van der Waals surface area (Å²) in [5.74, 6) is 0.192. The highest BCUT2D eigenvalue weighted by Gasteiger charge is 2.34. The van der Waals surface area contributed by atoms with Crippen LogP contribution in [0.15, 0.2) is 23.1 Å². The molecule has 7 heteroatoms. The molecule has 0 amide bonds. The first kappa shape index (κ1) is 17.0. The van der Waals surface area contributed by atoms with Crippen molar-refractivity contribution in [2.75, 3.05) is 20.1 Å². The lowest BCUT2D eigenvalue weighted by atomic mass is 10.1. The molecule has 1 aliphatic heterocycles. The molecular weight excluding hydrogens is 331 g/mol. The summed E-state index contributed by atoms with van der Waals surface area (Å²) in [6.45, 7) is 5.04. The summed E-state index contributed by atoms with van der Waals surface area (Å²) in [6.07, 6.45) is 0. The zero-order valence-electron chi connectivity index (χ0n) is 12.4. The van der Waals surface area contributed by atoms with Crippen molar-refractivity contribution in [2.45, 2.75) is 36.7 Å². The molecule has 0 spiro atoms. The summed E-state index contributed by atoms with van der Waals surface area (Å²) in [5, 5.41) is 0.490. The van der Waals surface area contributed by atoms with Gasteiger partial charge in [0, 0.05) is 36.1 Å². The van der Waals surface area contributed by atoms with E-state index in [1.807, 2.05) is 20.9 Å². The maximum atomic E-state index is 12.8. The number of halogens is 2. The average Bonchev–Trinajstić information content (AvgIpc) is 2.44. The number of piperazine rings is 1. The maximum absolute atomic E-state index is 12.8. The van der Waals surface area contributed by atoms with Gasteiger partial charge in [-0.25, -0.2) is 8.42 Å². The van der Waals surface area contributed by atoms with Crippen molar-refractivity contribution < 1.29 is 8.42 Å². The third-order valence-corrected chi connectivity index (χ3v) is 6.61. The van der Waals surface area contributed by atoms with E-state index in [1.54, 1.807) is 22.5 Å². The Morgan fingerprint density at radius 1 is 1.24 bits per heavy atom. The first-order valence-electron chi connectivity index (χ1n) is 6.84. The first-order valence-corrected chi connectivity index (χ1v) is 9.19. The summed E-state index contributed by atoms with van der Waals surface area (Å²) < 4.78 is 27.1. The third-order valence-electron chi connectivity index (χ3n) is 4.13. The van der Waals surface area contributed by atoms with Crippen molar-refractivity contribution >= 4 is 33.2 Å². The molecule has 2 unspecified atom stereocenters. The summed E-state index contributed by atoms with van der Waals surface area (Å²) in [7, 11) is -1.49. The lowest BCUT2D eigenvalue weighted by Crippen LogP contribution is -2.56. The van der Waals surface area contributed by atoms with Crippen LogP contribution in [-0.4, -0.2) is 49.8 Å². The summed E-state index contributed by atoms with van der Waals surface area (Å²) in [4.78, 5) is 2.45. The number of nitrogens with zero attached hydrogens (tertiary/aromatic N) is 2. The van der Waals surface area contributed by atoms with E-state index in [0.29, 0.717) is 23.7 Å². The van der Waals surface area contributed by atoms with Crippen molar-refractivity contribution in [3.63, 3.8) is 0 Å². The molecule has 0 radical (unpaired) electrons. The Morgan fingerprint density at radius 3 is 2.33 bits per heavy atom. The minimum absolute atomic E-state index is 0.184. The highest BCUT2D eigenvalue weighted by atomic mass is 35.5. The maximum Gasteiger partial charge on any atom is 0.243 e. The van der Waals surface area contributed by atoms with Crippen LogP contribution >= 0.6 is 23.2 Å². The fourth-order valence-corrected chi connectivity index (χ4v) is 4.64. The molecule has 0 bridgehead atoms. The predicted octanol–water partition coefficient (Wildman–Crippen LogP) is 2.79. The quantitative estimate of drug-likeness (QED) is 0.787. The summed E-state index contributed by atoms with van der Waals surface area (Å²) in [5.41, 5.74) is 0.634. The molecule has 0 aromatic heterocycles. The van der Waals surface area contributed by atoms with Crippen molar-refractivity contribution in [3.8, 4) is 0 Å². The summed E-state index contributed by atoms with van der Waals surface area (Å²) in [6, 6.07) is 5.07. The minimum Gasteiger partial charge on any atom is -0.298 e. The molecule has 2 atom stereocenters. The van der Waals surface area contributed by atoms with Gasteiger partial charge in [0.05, 0.1) is 4.90 Å². The van der Waals surface area contributed by atoms with E-state index in [9.17, 15) is 8.42 Å². The Balaban J connectivity index is 2.34. The van der Waals surface area contributed by atoms with Gasteiger partial charge in [0.15, 0.2) is 0 Å². The van der Waals surface area contributed by atoms with Crippen LogP contribution < -0.4 is 0 Å². The SMILES string of the molecule is CC1CN(S(=O)(=O)c2ccc(Cl)c(CCl)c2)CC(C)N1C. The molecule has 1 saturated heterocycles. The molecule has 1 aromatic rings. The number of sulfonamides is 1. The van der Waals surface area contributed by atoms with E-state index in [4.69, 9.17) is 23.2 Å². The second-order valence-electron chi connectivity index (χ2n) is 5.57. The fraction of sp³-hybridized carbons (Fsp3) is 0.571. The van der Waals surface area contributed by atoms with Crippen LogP contribution in [0.5, 0.6) is 0 Å². The molecule has 2 rings (SSSR count). The molecule has 4 nitrogen and oxygen atoms in total. The van der Waals surface area contributed by atoms with Crippen LogP contribution in [0.1, 0.15) is 19.4 Å². The average molecular weight is 351 g/mol. The van der Waals surface area contributed by atoms with Gasteiger partial charge in [0.25, 0.3) is 0 Å². The molecule has 1 aromatic carbocycles. The minimum atomic E-state index is -3.51. The molecule has 1 aliphatic rings. The molecule has 1 heterocycles. The van der Waals surface area contributed by atoms with Crippen LogP contribution in [0.4, 0.5) is 0 Å². The van der Waals surface area contributed by atoms with Crippen molar-refractivity contribution in [1.29, 1.82) is 0 Å². The first-order chi connectivity index (χ1) is 9.77. The van der Waals surface area contributed by atoms with E-state index in [2.05, 4.69) is 4.90 Å². The second kappa shape index (κ2) is 6.42. The lowest BCUT2D eigenvalue weighted by Gasteiger charge is -2.41. The number of likely N-dealkylation sites (N-methyl/N-ethyl adjacent to an activating group) is 1.